The van der Waals surface area contributed by atoms with E-state index in [1.165, 1.54) is 0 Å². The van der Waals surface area contributed by atoms with E-state index in [2.05, 4.69) is 5.32 Å². The van der Waals surface area contributed by atoms with E-state index < -0.39 is 18.1 Å². The third-order valence-corrected chi connectivity index (χ3v) is 3.48. The number of carbonyl (C=O) groups is 2. The number of carboxylic acids is 1. The Morgan fingerprint density at radius 3 is 2.36 bits per heavy atom. The van der Waals surface area contributed by atoms with Gasteiger partial charge in [0.1, 0.15) is 12.4 Å². The molecule has 0 aliphatic rings. The van der Waals surface area contributed by atoms with Crippen molar-refractivity contribution < 1.29 is 24.2 Å². The van der Waals surface area contributed by atoms with Gasteiger partial charge in [0.25, 0.3) is 0 Å². The third-order valence-electron chi connectivity index (χ3n) is 3.48. The largest absolute Gasteiger partial charge is 0.494 e. The first kappa shape index (κ1) is 18.3. The molecule has 0 aliphatic heterocycles. The van der Waals surface area contributed by atoms with Crippen molar-refractivity contribution in [2.75, 3.05) is 6.61 Å². The summed E-state index contributed by atoms with van der Waals surface area (Å²) in [6, 6.07) is 15.5. The van der Waals surface area contributed by atoms with E-state index in [1.807, 2.05) is 37.3 Å². The zero-order valence-corrected chi connectivity index (χ0v) is 14.0. The first-order chi connectivity index (χ1) is 12.1. The van der Waals surface area contributed by atoms with Crippen LogP contribution in [0.25, 0.3) is 0 Å². The Morgan fingerprint density at radius 1 is 1.08 bits per heavy atom. The maximum atomic E-state index is 12.0. The second-order valence-electron chi connectivity index (χ2n) is 5.36. The fraction of sp³-hybridized carbons (Fsp3) is 0.263. The molecule has 0 aliphatic carbocycles. The summed E-state index contributed by atoms with van der Waals surface area (Å²) in [6.45, 7) is 2.54. The summed E-state index contributed by atoms with van der Waals surface area (Å²) in [6.07, 6.45) is -0.905. The number of carbonyl (C=O) groups excluding carboxylic acids is 1. The van der Waals surface area contributed by atoms with E-state index in [0.717, 1.165) is 5.56 Å². The summed E-state index contributed by atoms with van der Waals surface area (Å²) < 4.78 is 10.5. The number of aliphatic carboxylic acids is 1. The average Bonchev–Trinajstić information content (AvgIpc) is 2.61. The lowest BCUT2D eigenvalue weighted by Crippen LogP contribution is -2.30. The first-order valence-electron chi connectivity index (χ1n) is 8.00. The van der Waals surface area contributed by atoms with Gasteiger partial charge in [0.05, 0.1) is 19.1 Å². The van der Waals surface area contributed by atoms with Gasteiger partial charge in [0, 0.05) is 0 Å². The smallest absolute Gasteiger partial charge is 0.407 e. The zero-order valence-electron chi connectivity index (χ0n) is 14.0. The quantitative estimate of drug-likeness (QED) is 0.766. The average molecular weight is 343 g/mol. The second kappa shape index (κ2) is 9.32. The molecular weight excluding hydrogens is 322 g/mol. The fourth-order valence-corrected chi connectivity index (χ4v) is 2.30. The van der Waals surface area contributed by atoms with Gasteiger partial charge in [-0.05, 0) is 30.2 Å². The lowest BCUT2D eigenvalue weighted by atomic mass is 10.0. The van der Waals surface area contributed by atoms with Crippen LogP contribution in [0.4, 0.5) is 4.79 Å². The Balaban J connectivity index is 1.98. The Bertz CT molecular complexity index is 685. The first-order valence-corrected chi connectivity index (χ1v) is 8.00. The van der Waals surface area contributed by atoms with Gasteiger partial charge >= 0.3 is 12.1 Å². The van der Waals surface area contributed by atoms with Gasteiger partial charge in [-0.25, -0.2) is 4.79 Å². The molecule has 2 aromatic rings. The van der Waals surface area contributed by atoms with Crippen LogP contribution in [0.1, 0.15) is 30.5 Å². The topological polar surface area (TPSA) is 84.9 Å². The molecule has 0 fully saturated rings. The highest BCUT2D eigenvalue weighted by Gasteiger charge is 2.19. The Kier molecular flexibility index (Phi) is 6.83. The molecule has 2 aromatic carbocycles. The van der Waals surface area contributed by atoms with Crippen molar-refractivity contribution in [3.05, 3.63) is 65.7 Å². The van der Waals surface area contributed by atoms with Crippen molar-refractivity contribution in [1.29, 1.82) is 0 Å². The molecular formula is C19H21NO5. The monoisotopic (exact) mass is 343 g/mol. The summed E-state index contributed by atoms with van der Waals surface area (Å²) in [7, 11) is 0. The van der Waals surface area contributed by atoms with Crippen molar-refractivity contribution >= 4 is 12.1 Å². The molecule has 6 nitrogen and oxygen atoms in total. The molecule has 25 heavy (non-hydrogen) atoms. The molecule has 0 saturated carbocycles. The highest BCUT2D eigenvalue weighted by Crippen LogP contribution is 2.21. The molecule has 6 heteroatoms. The lowest BCUT2D eigenvalue weighted by molar-refractivity contribution is -0.137. The van der Waals surface area contributed by atoms with Gasteiger partial charge in [-0.3, -0.25) is 4.79 Å². The van der Waals surface area contributed by atoms with Crippen LogP contribution >= 0.6 is 0 Å². The Hall–Kier alpha value is -3.02. The van der Waals surface area contributed by atoms with Gasteiger partial charge in [0.15, 0.2) is 0 Å². The number of rotatable bonds is 8. The highest BCUT2D eigenvalue weighted by molar-refractivity contribution is 5.72. The normalized spacial score (nSPS) is 11.4. The molecule has 0 heterocycles. The molecule has 1 unspecified atom stereocenters. The van der Waals surface area contributed by atoms with Crippen LogP contribution in [0, 0.1) is 0 Å². The van der Waals surface area contributed by atoms with Crippen LogP contribution in [0.15, 0.2) is 54.6 Å². The minimum atomic E-state index is -1.01. The van der Waals surface area contributed by atoms with Crippen molar-refractivity contribution in [2.45, 2.75) is 26.0 Å². The summed E-state index contributed by atoms with van der Waals surface area (Å²) >= 11 is 0. The predicted octanol–water partition coefficient (Wildman–Crippen LogP) is 3.53. The van der Waals surface area contributed by atoms with E-state index in [4.69, 9.17) is 14.6 Å². The SMILES string of the molecule is CCOc1ccc(C(CC(=O)O)NC(=O)OCc2ccccc2)cc1. The Labute approximate surface area is 146 Å². The number of carboxylic acid groups (broad SMARTS) is 1. The van der Waals surface area contributed by atoms with E-state index in [-0.39, 0.29) is 13.0 Å². The van der Waals surface area contributed by atoms with Crippen molar-refractivity contribution in [1.82, 2.24) is 5.32 Å². The van der Waals surface area contributed by atoms with E-state index >= 15 is 0 Å². The number of hydrogen-bond acceptors (Lipinski definition) is 4. The van der Waals surface area contributed by atoms with Crippen molar-refractivity contribution in [3.8, 4) is 5.75 Å². The molecule has 1 atom stereocenters. The van der Waals surface area contributed by atoms with Gasteiger partial charge in [-0.2, -0.15) is 0 Å². The maximum Gasteiger partial charge on any atom is 0.407 e. The van der Waals surface area contributed by atoms with Crippen LogP contribution < -0.4 is 10.1 Å². The summed E-state index contributed by atoms with van der Waals surface area (Å²) in [5.41, 5.74) is 1.52. The maximum absolute atomic E-state index is 12.0. The van der Waals surface area contributed by atoms with E-state index in [9.17, 15) is 9.59 Å². The number of hydrogen-bond donors (Lipinski definition) is 2. The number of benzene rings is 2. The fourth-order valence-electron chi connectivity index (χ4n) is 2.30. The standard InChI is InChI=1S/C19H21NO5/c1-2-24-16-10-8-15(9-11-16)17(12-18(21)22)20-19(23)25-13-14-6-4-3-5-7-14/h3-11,17H,2,12-13H2,1H3,(H,20,23)(H,21,22). The second-order valence-corrected chi connectivity index (χ2v) is 5.36. The number of alkyl carbamates (subject to hydrolysis) is 1. The molecule has 2 N–H and O–H groups in total. The van der Waals surface area contributed by atoms with Crippen LogP contribution in [0.2, 0.25) is 0 Å². The molecule has 2 rings (SSSR count). The molecule has 0 aromatic heterocycles. The molecule has 0 radical (unpaired) electrons. The minimum Gasteiger partial charge on any atom is -0.494 e. The summed E-state index contributed by atoms with van der Waals surface area (Å²) in [4.78, 5) is 23.1. The van der Waals surface area contributed by atoms with Gasteiger partial charge in [-0.1, -0.05) is 42.5 Å². The van der Waals surface area contributed by atoms with Crippen LogP contribution in [-0.4, -0.2) is 23.8 Å². The number of nitrogens with one attached hydrogen (secondary N) is 1. The van der Waals surface area contributed by atoms with Crippen molar-refractivity contribution in [3.63, 3.8) is 0 Å². The van der Waals surface area contributed by atoms with Crippen molar-refractivity contribution in [2.24, 2.45) is 0 Å². The summed E-state index contributed by atoms with van der Waals surface area (Å²) in [5.74, 6) is -0.325. The Morgan fingerprint density at radius 2 is 1.76 bits per heavy atom. The number of ether oxygens (including phenoxy) is 2. The highest BCUT2D eigenvalue weighted by atomic mass is 16.5. The predicted molar refractivity (Wildman–Crippen MR) is 92.4 cm³/mol. The van der Waals surface area contributed by atoms with Crippen LogP contribution in [0.5, 0.6) is 5.75 Å². The van der Waals surface area contributed by atoms with E-state index in [0.29, 0.717) is 17.9 Å². The van der Waals surface area contributed by atoms with Gasteiger partial charge in [-0.15, -0.1) is 0 Å². The lowest BCUT2D eigenvalue weighted by Gasteiger charge is -2.18. The number of amides is 1. The summed E-state index contributed by atoms with van der Waals surface area (Å²) in [5, 5.41) is 11.7. The molecule has 0 spiro atoms. The van der Waals surface area contributed by atoms with Gasteiger partial charge < -0.3 is 19.9 Å². The third kappa shape index (κ3) is 6.18. The zero-order chi connectivity index (χ0) is 18.1. The molecule has 132 valence electrons. The van der Waals surface area contributed by atoms with Crippen LogP contribution in [0.3, 0.4) is 0 Å². The van der Waals surface area contributed by atoms with Gasteiger partial charge in [0.2, 0.25) is 0 Å². The van der Waals surface area contributed by atoms with Crippen LogP contribution in [-0.2, 0) is 16.1 Å². The molecule has 1 amide bonds. The molecule has 0 bridgehead atoms. The molecule has 0 saturated heterocycles. The van der Waals surface area contributed by atoms with E-state index in [1.54, 1.807) is 24.3 Å². The minimum absolute atomic E-state index is 0.121.